The highest BCUT2D eigenvalue weighted by Gasteiger charge is 1.94. The number of rotatable bonds is 5. The van der Waals surface area contributed by atoms with Gasteiger partial charge in [0.25, 0.3) is 0 Å². The van der Waals surface area contributed by atoms with Gasteiger partial charge in [-0.1, -0.05) is 13.3 Å². The molecule has 0 aliphatic heterocycles. The van der Waals surface area contributed by atoms with Gasteiger partial charge in [0.15, 0.2) is 5.11 Å². The van der Waals surface area contributed by atoms with Crippen LogP contribution in [-0.4, -0.2) is 16.6 Å². The summed E-state index contributed by atoms with van der Waals surface area (Å²) in [5.41, 5.74) is 1.18. The third-order valence-corrected chi connectivity index (χ3v) is 2.31. The topological polar surface area (TPSA) is 37.0 Å². The summed E-state index contributed by atoms with van der Waals surface area (Å²) in [6.45, 7) is 3.86. The molecule has 1 aromatic rings. The molecule has 4 heteroatoms. The van der Waals surface area contributed by atoms with E-state index >= 15 is 0 Å². The van der Waals surface area contributed by atoms with Crippen molar-refractivity contribution in [1.82, 2.24) is 15.6 Å². The van der Waals surface area contributed by atoms with Gasteiger partial charge in [0.2, 0.25) is 0 Å². The standard InChI is InChI=1S/C11H17N3S/c1-2-3-6-13-11(15)14-9-10-4-7-12-8-5-10/h4-5,7-8H,2-3,6,9H2,1H3,(H2,13,14,15). The van der Waals surface area contributed by atoms with Crippen molar-refractivity contribution in [1.29, 1.82) is 0 Å². The van der Waals surface area contributed by atoms with E-state index in [0.717, 1.165) is 24.6 Å². The maximum atomic E-state index is 5.13. The Kier molecular flexibility index (Phi) is 5.70. The minimum absolute atomic E-state index is 0.722. The number of unbranched alkanes of at least 4 members (excludes halogenated alkanes) is 1. The Balaban J connectivity index is 2.17. The Bertz CT molecular complexity index is 287. The number of hydrogen-bond acceptors (Lipinski definition) is 2. The monoisotopic (exact) mass is 223 g/mol. The van der Waals surface area contributed by atoms with Crippen LogP contribution in [0.1, 0.15) is 25.3 Å². The molecule has 1 aromatic heterocycles. The lowest BCUT2D eigenvalue weighted by Gasteiger charge is -2.09. The van der Waals surface area contributed by atoms with Crippen molar-refractivity contribution in [2.75, 3.05) is 6.54 Å². The average molecular weight is 223 g/mol. The second-order valence-electron chi connectivity index (χ2n) is 3.32. The molecule has 0 saturated carbocycles. The van der Waals surface area contributed by atoms with Crippen LogP contribution < -0.4 is 10.6 Å². The van der Waals surface area contributed by atoms with Gasteiger partial charge in [-0.3, -0.25) is 4.98 Å². The van der Waals surface area contributed by atoms with E-state index in [9.17, 15) is 0 Å². The molecule has 0 bridgehead atoms. The maximum Gasteiger partial charge on any atom is 0.166 e. The molecule has 1 rings (SSSR count). The van der Waals surface area contributed by atoms with Crippen molar-refractivity contribution in [2.45, 2.75) is 26.3 Å². The molecule has 82 valence electrons. The predicted molar refractivity (Wildman–Crippen MR) is 66.6 cm³/mol. The zero-order chi connectivity index (χ0) is 10.9. The first-order valence-electron chi connectivity index (χ1n) is 5.23. The van der Waals surface area contributed by atoms with Gasteiger partial charge in [-0.2, -0.15) is 0 Å². The molecule has 0 aliphatic rings. The SMILES string of the molecule is CCCCNC(=S)NCc1ccncc1. The summed E-state index contributed by atoms with van der Waals surface area (Å²) in [6, 6.07) is 3.95. The molecule has 0 aliphatic carbocycles. The van der Waals surface area contributed by atoms with Crippen LogP contribution in [0, 0.1) is 0 Å². The van der Waals surface area contributed by atoms with Crippen molar-refractivity contribution in [3.05, 3.63) is 30.1 Å². The van der Waals surface area contributed by atoms with Gasteiger partial charge in [0.05, 0.1) is 0 Å². The van der Waals surface area contributed by atoms with E-state index in [0.29, 0.717) is 0 Å². The highest BCUT2D eigenvalue weighted by atomic mass is 32.1. The summed E-state index contributed by atoms with van der Waals surface area (Å²) < 4.78 is 0. The molecule has 0 aromatic carbocycles. The van der Waals surface area contributed by atoms with Crippen molar-refractivity contribution in [3.8, 4) is 0 Å². The van der Waals surface area contributed by atoms with E-state index in [1.54, 1.807) is 12.4 Å². The lowest BCUT2D eigenvalue weighted by atomic mass is 10.3. The molecule has 0 unspecified atom stereocenters. The van der Waals surface area contributed by atoms with Crippen molar-refractivity contribution < 1.29 is 0 Å². The van der Waals surface area contributed by atoms with Crippen LogP contribution in [0.2, 0.25) is 0 Å². The number of hydrogen-bond donors (Lipinski definition) is 2. The van der Waals surface area contributed by atoms with Gasteiger partial charge in [0, 0.05) is 25.5 Å². The highest BCUT2D eigenvalue weighted by molar-refractivity contribution is 7.80. The third kappa shape index (κ3) is 5.32. The largest absolute Gasteiger partial charge is 0.363 e. The fraction of sp³-hybridized carbons (Fsp3) is 0.455. The first-order chi connectivity index (χ1) is 7.33. The van der Waals surface area contributed by atoms with Crippen molar-refractivity contribution in [2.24, 2.45) is 0 Å². The molecule has 2 N–H and O–H groups in total. The fourth-order valence-corrected chi connectivity index (χ4v) is 1.30. The molecule has 0 atom stereocenters. The number of thiocarbonyl (C=S) groups is 1. The number of pyridine rings is 1. The van der Waals surface area contributed by atoms with Crippen LogP contribution in [0.15, 0.2) is 24.5 Å². The van der Waals surface area contributed by atoms with Crippen LogP contribution in [-0.2, 0) is 6.54 Å². The number of aromatic nitrogens is 1. The molecule has 1 heterocycles. The van der Waals surface area contributed by atoms with E-state index in [-0.39, 0.29) is 0 Å². The molecule has 15 heavy (non-hydrogen) atoms. The van der Waals surface area contributed by atoms with Crippen LogP contribution in [0.3, 0.4) is 0 Å². The summed E-state index contributed by atoms with van der Waals surface area (Å²) in [4.78, 5) is 3.96. The van der Waals surface area contributed by atoms with Crippen molar-refractivity contribution >= 4 is 17.3 Å². The molecule has 3 nitrogen and oxygen atoms in total. The van der Waals surface area contributed by atoms with Gasteiger partial charge in [0.1, 0.15) is 0 Å². The minimum Gasteiger partial charge on any atom is -0.363 e. The number of nitrogens with zero attached hydrogens (tertiary/aromatic N) is 1. The highest BCUT2D eigenvalue weighted by Crippen LogP contribution is 1.94. The van der Waals surface area contributed by atoms with Crippen LogP contribution in [0.4, 0.5) is 0 Å². The van der Waals surface area contributed by atoms with Gasteiger partial charge < -0.3 is 10.6 Å². The second kappa shape index (κ2) is 7.17. The van der Waals surface area contributed by atoms with E-state index < -0.39 is 0 Å². The lowest BCUT2D eigenvalue weighted by molar-refractivity contribution is 0.739. The second-order valence-corrected chi connectivity index (χ2v) is 3.73. The molecule has 0 fully saturated rings. The third-order valence-electron chi connectivity index (χ3n) is 2.02. The Morgan fingerprint density at radius 1 is 1.33 bits per heavy atom. The summed E-state index contributed by atoms with van der Waals surface area (Å²) in [5, 5.41) is 7.03. The van der Waals surface area contributed by atoms with Crippen LogP contribution >= 0.6 is 12.2 Å². The Morgan fingerprint density at radius 2 is 2.07 bits per heavy atom. The Morgan fingerprint density at radius 3 is 2.73 bits per heavy atom. The van der Waals surface area contributed by atoms with E-state index in [4.69, 9.17) is 12.2 Å². The first kappa shape index (κ1) is 11.9. The Labute approximate surface area is 96.3 Å². The normalized spacial score (nSPS) is 9.67. The van der Waals surface area contributed by atoms with E-state index in [2.05, 4.69) is 22.5 Å². The predicted octanol–water partition coefficient (Wildman–Crippen LogP) is 1.85. The summed E-state index contributed by atoms with van der Waals surface area (Å²) >= 11 is 5.13. The van der Waals surface area contributed by atoms with Gasteiger partial charge >= 0.3 is 0 Å². The molecular weight excluding hydrogens is 206 g/mol. The van der Waals surface area contributed by atoms with Crippen molar-refractivity contribution in [3.63, 3.8) is 0 Å². The molecular formula is C11H17N3S. The van der Waals surface area contributed by atoms with Crippen LogP contribution in [0.25, 0.3) is 0 Å². The zero-order valence-electron chi connectivity index (χ0n) is 8.99. The van der Waals surface area contributed by atoms with Gasteiger partial charge in [-0.25, -0.2) is 0 Å². The maximum absolute atomic E-state index is 5.13. The zero-order valence-corrected chi connectivity index (χ0v) is 9.81. The fourth-order valence-electron chi connectivity index (χ4n) is 1.12. The van der Waals surface area contributed by atoms with E-state index in [1.807, 2.05) is 12.1 Å². The smallest absolute Gasteiger partial charge is 0.166 e. The van der Waals surface area contributed by atoms with Gasteiger partial charge in [-0.05, 0) is 36.3 Å². The quantitative estimate of drug-likeness (QED) is 0.590. The molecule has 0 radical (unpaired) electrons. The van der Waals surface area contributed by atoms with E-state index in [1.165, 1.54) is 12.0 Å². The Hall–Kier alpha value is -1.16. The molecule has 0 saturated heterocycles. The molecule has 0 spiro atoms. The van der Waals surface area contributed by atoms with Crippen LogP contribution in [0.5, 0.6) is 0 Å². The lowest BCUT2D eigenvalue weighted by Crippen LogP contribution is -2.35. The first-order valence-corrected chi connectivity index (χ1v) is 5.64. The van der Waals surface area contributed by atoms with Gasteiger partial charge in [-0.15, -0.1) is 0 Å². The summed E-state index contributed by atoms with van der Waals surface area (Å²) in [6.07, 6.45) is 5.90. The minimum atomic E-state index is 0.722. The average Bonchev–Trinajstić information content (AvgIpc) is 2.28. The summed E-state index contributed by atoms with van der Waals surface area (Å²) in [5.74, 6) is 0. The molecule has 0 amide bonds. The number of nitrogens with one attached hydrogen (secondary N) is 2. The summed E-state index contributed by atoms with van der Waals surface area (Å²) in [7, 11) is 0.